The van der Waals surface area contributed by atoms with E-state index in [1.165, 1.54) is 0 Å². The van der Waals surface area contributed by atoms with E-state index in [9.17, 15) is 4.79 Å². The van der Waals surface area contributed by atoms with Crippen LogP contribution >= 0.6 is 11.6 Å². The first kappa shape index (κ1) is 13.7. The van der Waals surface area contributed by atoms with Crippen LogP contribution in [0.25, 0.3) is 16.8 Å². The second kappa shape index (κ2) is 5.58. The zero-order chi connectivity index (χ0) is 14.8. The Kier molecular flexibility index (Phi) is 3.63. The fraction of sp³-hybridized carbons (Fsp3) is 0.0556. The summed E-state index contributed by atoms with van der Waals surface area (Å²) in [6.07, 6.45) is 1.86. The highest BCUT2D eigenvalue weighted by Gasteiger charge is 2.08. The molecule has 0 aliphatic rings. The molecule has 0 radical (unpaired) electrons. The summed E-state index contributed by atoms with van der Waals surface area (Å²) in [6.45, 7) is 1.98. The van der Waals surface area contributed by atoms with Gasteiger partial charge in [-0.1, -0.05) is 41.9 Å². The molecule has 0 aliphatic heterocycles. The molecule has 0 unspecified atom stereocenters. The van der Waals surface area contributed by atoms with Gasteiger partial charge < -0.3 is 0 Å². The van der Waals surface area contributed by atoms with Gasteiger partial charge in [0.15, 0.2) is 0 Å². The van der Waals surface area contributed by atoms with E-state index in [-0.39, 0.29) is 5.56 Å². The van der Waals surface area contributed by atoms with Gasteiger partial charge in [-0.25, -0.2) is 0 Å². The van der Waals surface area contributed by atoms with E-state index in [1.54, 1.807) is 16.7 Å². The molecule has 2 nitrogen and oxygen atoms in total. The van der Waals surface area contributed by atoms with Crippen LogP contribution in [0.4, 0.5) is 0 Å². The molecule has 0 N–H and O–H groups in total. The molecule has 0 aliphatic carbocycles. The maximum absolute atomic E-state index is 12.7. The van der Waals surface area contributed by atoms with Crippen molar-refractivity contribution in [2.75, 3.05) is 0 Å². The van der Waals surface area contributed by atoms with Gasteiger partial charge in [0.25, 0.3) is 5.56 Å². The van der Waals surface area contributed by atoms with Crippen molar-refractivity contribution < 1.29 is 0 Å². The Balaban J connectivity index is 2.22. The molecule has 3 aromatic rings. The molecule has 0 bridgehead atoms. The van der Waals surface area contributed by atoms with Crippen LogP contribution in [0.3, 0.4) is 0 Å². The van der Waals surface area contributed by atoms with E-state index in [4.69, 9.17) is 11.6 Å². The quantitative estimate of drug-likeness (QED) is 0.684. The smallest absolute Gasteiger partial charge is 0.262 e. The molecule has 2 aromatic carbocycles. The Labute approximate surface area is 128 Å². The fourth-order valence-electron chi connectivity index (χ4n) is 2.34. The van der Waals surface area contributed by atoms with Gasteiger partial charge in [-0.15, -0.1) is 0 Å². The highest BCUT2D eigenvalue weighted by molar-refractivity contribution is 6.30. The van der Waals surface area contributed by atoms with Gasteiger partial charge in [-0.05, 0) is 48.4 Å². The average Bonchev–Trinajstić information content (AvgIpc) is 2.51. The monoisotopic (exact) mass is 295 g/mol. The molecule has 0 amide bonds. The van der Waals surface area contributed by atoms with Crippen molar-refractivity contribution in [3.63, 3.8) is 0 Å². The standard InChI is InChI=1S/C18H14ClNO/c1-13-11-17(14-7-9-15(19)10-8-14)18(21)20(12-13)16-5-3-2-4-6-16/h2-12H,1H3. The maximum atomic E-state index is 12.7. The zero-order valence-electron chi connectivity index (χ0n) is 11.6. The molecule has 0 saturated carbocycles. The summed E-state index contributed by atoms with van der Waals surface area (Å²) in [5.41, 5.74) is 3.41. The predicted molar refractivity (Wildman–Crippen MR) is 87.2 cm³/mol. The summed E-state index contributed by atoms with van der Waals surface area (Å²) in [6, 6.07) is 18.9. The predicted octanol–water partition coefficient (Wildman–Crippen LogP) is 4.47. The van der Waals surface area contributed by atoms with Crippen LogP contribution < -0.4 is 5.56 Å². The molecular formula is C18H14ClNO. The van der Waals surface area contributed by atoms with Gasteiger partial charge in [0, 0.05) is 22.5 Å². The lowest BCUT2D eigenvalue weighted by Crippen LogP contribution is -2.20. The Morgan fingerprint density at radius 3 is 2.29 bits per heavy atom. The minimum absolute atomic E-state index is 0.0332. The summed E-state index contributed by atoms with van der Waals surface area (Å²) in [4.78, 5) is 12.7. The third-order valence-electron chi connectivity index (χ3n) is 3.34. The molecule has 1 heterocycles. The summed E-state index contributed by atoms with van der Waals surface area (Å²) in [5, 5.41) is 0.662. The summed E-state index contributed by atoms with van der Waals surface area (Å²) >= 11 is 5.91. The van der Waals surface area contributed by atoms with Crippen molar-refractivity contribution in [1.29, 1.82) is 0 Å². The summed E-state index contributed by atoms with van der Waals surface area (Å²) < 4.78 is 1.68. The molecule has 21 heavy (non-hydrogen) atoms. The van der Waals surface area contributed by atoms with E-state index >= 15 is 0 Å². The first-order valence-electron chi connectivity index (χ1n) is 6.70. The van der Waals surface area contributed by atoms with Crippen LogP contribution in [0.5, 0.6) is 0 Å². The van der Waals surface area contributed by atoms with Crippen LogP contribution in [0.1, 0.15) is 5.56 Å². The van der Waals surface area contributed by atoms with Gasteiger partial charge >= 0.3 is 0 Å². The Morgan fingerprint density at radius 2 is 1.62 bits per heavy atom. The fourth-order valence-corrected chi connectivity index (χ4v) is 2.46. The SMILES string of the molecule is Cc1cc(-c2ccc(Cl)cc2)c(=O)n(-c2ccccc2)c1. The highest BCUT2D eigenvalue weighted by atomic mass is 35.5. The molecule has 0 fully saturated rings. The Bertz CT molecular complexity index is 820. The van der Waals surface area contributed by atoms with E-state index < -0.39 is 0 Å². The molecule has 3 heteroatoms. The lowest BCUT2D eigenvalue weighted by molar-refractivity contribution is 0.980. The number of nitrogens with zero attached hydrogens (tertiary/aromatic N) is 1. The lowest BCUT2D eigenvalue weighted by atomic mass is 10.1. The number of hydrogen-bond donors (Lipinski definition) is 0. The minimum atomic E-state index is -0.0332. The molecule has 0 saturated heterocycles. The number of hydrogen-bond acceptors (Lipinski definition) is 1. The summed E-state index contributed by atoms with van der Waals surface area (Å²) in [5.74, 6) is 0. The van der Waals surface area contributed by atoms with Gasteiger partial charge in [-0.2, -0.15) is 0 Å². The third-order valence-corrected chi connectivity index (χ3v) is 3.60. The molecule has 3 rings (SSSR count). The van der Waals surface area contributed by atoms with Crippen LogP contribution in [-0.2, 0) is 0 Å². The first-order chi connectivity index (χ1) is 10.1. The molecule has 0 atom stereocenters. The van der Waals surface area contributed by atoms with E-state index in [1.807, 2.05) is 61.7 Å². The van der Waals surface area contributed by atoms with E-state index in [0.29, 0.717) is 10.6 Å². The van der Waals surface area contributed by atoms with Gasteiger partial charge in [0.2, 0.25) is 0 Å². The Hall–Kier alpha value is -2.32. The van der Waals surface area contributed by atoms with Crippen molar-refractivity contribution in [3.05, 3.63) is 87.8 Å². The van der Waals surface area contributed by atoms with Crippen LogP contribution in [-0.4, -0.2) is 4.57 Å². The van der Waals surface area contributed by atoms with Gasteiger partial charge in [-0.3, -0.25) is 9.36 Å². The molecule has 0 spiro atoms. The first-order valence-corrected chi connectivity index (χ1v) is 7.07. The van der Waals surface area contributed by atoms with Crippen molar-refractivity contribution in [1.82, 2.24) is 4.57 Å². The van der Waals surface area contributed by atoms with Gasteiger partial charge in [0.1, 0.15) is 0 Å². The number of benzene rings is 2. The third kappa shape index (κ3) is 2.76. The number of halogens is 1. The Morgan fingerprint density at radius 1 is 0.952 bits per heavy atom. The number of aryl methyl sites for hydroxylation is 1. The summed E-state index contributed by atoms with van der Waals surface area (Å²) in [7, 11) is 0. The number of para-hydroxylation sites is 1. The second-order valence-corrected chi connectivity index (χ2v) is 5.39. The van der Waals surface area contributed by atoms with E-state index in [0.717, 1.165) is 16.8 Å². The number of aromatic nitrogens is 1. The van der Waals surface area contributed by atoms with Crippen molar-refractivity contribution in [2.45, 2.75) is 6.92 Å². The lowest BCUT2D eigenvalue weighted by Gasteiger charge is -2.10. The zero-order valence-corrected chi connectivity index (χ0v) is 12.3. The largest absolute Gasteiger partial charge is 0.284 e. The van der Waals surface area contributed by atoms with Crippen LogP contribution in [0.2, 0.25) is 5.02 Å². The molecule has 104 valence electrons. The van der Waals surface area contributed by atoms with Gasteiger partial charge in [0.05, 0.1) is 0 Å². The number of pyridine rings is 1. The highest BCUT2D eigenvalue weighted by Crippen LogP contribution is 2.20. The number of rotatable bonds is 2. The average molecular weight is 296 g/mol. The molecular weight excluding hydrogens is 282 g/mol. The molecule has 1 aromatic heterocycles. The normalized spacial score (nSPS) is 10.6. The van der Waals surface area contributed by atoms with E-state index in [2.05, 4.69) is 0 Å². The van der Waals surface area contributed by atoms with Crippen molar-refractivity contribution >= 4 is 11.6 Å². The topological polar surface area (TPSA) is 22.0 Å². The van der Waals surface area contributed by atoms with Crippen molar-refractivity contribution in [3.8, 4) is 16.8 Å². The second-order valence-electron chi connectivity index (χ2n) is 4.95. The maximum Gasteiger partial charge on any atom is 0.262 e. The van der Waals surface area contributed by atoms with Crippen LogP contribution in [0.15, 0.2) is 71.7 Å². The van der Waals surface area contributed by atoms with Crippen molar-refractivity contribution in [2.24, 2.45) is 0 Å². The van der Waals surface area contributed by atoms with Crippen LogP contribution in [0, 0.1) is 6.92 Å². The minimum Gasteiger partial charge on any atom is -0.284 e.